The number of aryl methyl sites for hydroxylation is 1. The summed E-state index contributed by atoms with van der Waals surface area (Å²) in [5.74, 6) is 2.56. The Hall–Kier alpha value is -3.06. The Morgan fingerprint density at radius 2 is 1.71 bits per heavy atom. The van der Waals surface area contributed by atoms with Gasteiger partial charge in [0.25, 0.3) is 0 Å². The van der Waals surface area contributed by atoms with Gasteiger partial charge >= 0.3 is 0 Å². The van der Waals surface area contributed by atoms with Crippen molar-refractivity contribution in [2.24, 2.45) is 0 Å². The van der Waals surface area contributed by atoms with Gasteiger partial charge in [-0.15, -0.1) is 0 Å². The molecule has 7 nitrogen and oxygen atoms in total. The number of hydrogen-bond donors (Lipinski definition) is 1. The van der Waals surface area contributed by atoms with E-state index in [0.717, 1.165) is 73.2 Å². The maximum Gasteiger partial charge on any atom is 0.156 e. The Balaban J connectivity index is 1.44. The van der Waals surface area contributed by atoms with Gasteiger partial charge in [0.2, 0.25) is 0 Å². The van der Waals surface area contributed by atoms with E-state index in [0.29, 0.717) is 11.9 Å². The molecule has 2 aliphatic heterocycles. The monoisotopic (exact) mass is 416 g/mol. The molecule has 2 saturated heterocycles. The Bertz CT molecular complexity index is 1090. The number of rotatable bonds is 5. The number of para-hydroxylation sites is 2. The van der Waals surface area contributed by atoms with Crippen LogP contribution in [0.15, 0.2) is 30.3 Å². The van der Waals surface area contributed by atoms with Crippen LogP contribution in [0.1, 0.15) is 42.9 Å². The maximum absolute atomic E-state index is 5.49. The quantitative estimate of drug-likeness (QED) is 0.671. The van der Waals surface area contributed by atoms with Crippen LogP contribution in [-0.4, -0.2) is 52.3 Å². The molecule has 7 heteroatoms. The molecule has 3 aromatic rings. The van der Waals surface area contributed by atoms with E-state index in [1.54, 1.807) is 0 Å². The maximum atomic E-state index is 5.49. The second-order valence-corrected chi connectivity index (χ2v) is 8.21. The smallest absolute Gasteiger partial charge is 0.156 e. The van der Waals surface area contributed by atoms with Gasteiger partial charge in [0.1, 0.15) is 11.6 Å². The zero-order chi connectivity index (χ0) is 21.0. The molecule has 1 aromatic carbocycles. The zero-order valence-electron chi connectivity index (χ0n) is 17.9. The minimum Gasteiger partial charge on any atom is -0.381 e. The number of nitrogens with zero attached hydrogens (tertiary/aromatic N) is 5. The molecule has 0 bridgehead atoms. The molecule has 1 N–H and O–H groups in total. The first-order valence-corrected chi connectivity index (χ1v) is 11.1. The number of hydrogen-bond acceptors (Lipinski definition) is 7. The Morgan fingerprint density at radius 1 is 0.968 bits per heavy atom. The van der Waals surface area contributed by atoms with Gasteiger partial charge in [-0.3, -0.25) is 0 Å². The van der Waals surface area contributed by atoms with E-state index in [2.05, 4.69) is 21.3 Å². The molecular weight excluding hydrogens is 388 g/mol. The molecular formula is C24H28N6O. The predicted molar refractivity (Wildman–Crippen MR) is 124 cm³/mol. The minimum atomic E-state index is 0.389. The summed E-state index contributed by atoms with van der Waals surface area (Å²) in [5, 5.41) is 3.60. The molecule has 2 aliphatic rings. The van der Waals surface area contributed by atoms with Crippen molar-refractivity contribution in [3.05, 3.63) is 47.5 Å². The van der Waals surface area contributed by atoms with Crippen molar-refractivity contribution in [3.63, 3.8) is 0 Å². The Labute approximate surface area is 182 Å². The topological polar surface area (TPSA) is 76.1 Å². The second-order valence-electron chi connectivity index (χ2n) is 8.21. The van der Waals surface area contributed by atoms with Crippen LogP contribution in [0.4, 0.5) is 11.6 Å². The summed E-state index contributed by atoms with van der Waals surface area (Å²) in [6, 6.07) is 10.4. The average Bonchev–Trinajstić information content (AvgIpc) is 3.33. The van der Waals surface area contributed by atoms with Crippen molar-refractivity contribution in [3.8, 4) is 0 Å². The summed E-state index contributed by atoms with van der Waals surface area (Å²) in [4.78, 5) is 21.4. The standard InChI is InChI=1S/C24H28N6O/c1-17-19(27-21-7-3-2-6-20(21)25-17)8-9-22-28-23(26-18-10-14-31-15-11-18)16-24(29-22)30-12-4-5-13-30/h2-3,6-9,16,18H,4-5,10-15H2,1H3,(H,26,28,29)/b9-8+. The SMILES string of the molecule is Cc1nc2ccccc2nc1/C=C/c1nc(NC2CCOCC2)cc(N2CCCC2)n1. The summed E-state index contributed by atoms with van der Waals surface area (Å²) < 4.78 is 5.49. The van der Waals surface area contributed by atoms with Gasteiger partial charge in [-0.1, -0.05) is 12.1 Å². The average molecular weight is 417 g/mol. The van der Waals surface area contributed by atoms with Crippen LogP contribution in [0.5, 0.6) is 0 Å². The number of ether oxygens (including phenoxy) is 1. The lowest BCUT2D eigenvalue weighted by Gasteiger charge is -2.24. The third kappa shape index (κ3) is 4.66. The molecule has 0 aliphatic carbocycles. The molecule has 0 radical (unpaired) electrons. The summed E-state index contributed by atoms with van der Waals surface area (Å²) >= 11 is 0. The third-order valence-electron chi connectivity index (χ3n) is 5.91. The van der Waals surface area contributed by atoms with Gasteiger partial charge in [-0.2, -0.15) is 0 Å². The lowest BCUT2D eigenvalue weighted by Crippen LogP contribution is -2.28. The van der Waals surface area contributed by atoms with Crippen LogP contribution in [0.2, 0.25) is 0 Å². The molecule has 2 aromatic heterocycles. The number of nitrogens with one attached hydrogen (secondary N) is 1. The molecule has 0 spiro atoms. The number of aromatic nitrogens is 4. The van der Waals surface area contributed by atoms with Crippen LogP contribution in [-0.2, 0) is 4.74 Å². The highest BCUT2D eigenvalue weighted by atomic mass is 16.5. The van der Waals surface area contributed by atoms with Gasteiger partial charge in [-0.25, -0.2) is 19.9 Å². The van der Waals surface area contributed by atoms with Crippen LogP contribution in [0, 0.1) is 6.92 Å². The molecule has 0 saturated carbocycles. The molecule has 160 valence electrons. The van der Waals surface area contributed by atoms with Crippen LogP contribution >= 0.6 is 0 Å². The van der Waals surface area contributed by atoms with Gasteiger partial charge in [0.15, 0.2) is 5.82 Å². The number of anilines is 2. The minimum absolute atomic E-state index is 0.389. The molecule has 31 heavy (non-hydrogen) atoms. The lowest BCUT2D eigenvalue weighted by atomic mass is 10.1. The van der Waals surface area contributed by atoms with Crippen molar-refractivity contribution >= 4 is 34.8 Å². The van der Waals surface area contributed by atoms with E-state index in [1.165, 1.54) is 12.8 Å². The second kappa shape index (κ2) is 8.98. The van der Waals surface area contributed by atoms with Crippen molar-refractivity contribution in [1.82, 2.24) is 19.9 Å². The molecule has 2 fully saturated rings. The Morgan fingerprint density at radius 3 is 2.48 bits per heavy atom. The highest BCUT2D eigenvalue weighted by Gasteiger charge is 2.18. The summed E-state index contributed by atoms with van der Waals surface area (Å²) in [6.45, 7) is 5.68. The van der Waals surface area contributed by atoms with E-state index in [4.69, 9.17) is 19.7 Å². The van der Waals surface area contributed by atoms with Crippen molar-refractivity contribution in [2.75, 3.05) is 36.5 Å². The summed E-state index contributed by atoms with van der Waals surface area (Å²) in [6.07, 6.45) is 8.34. The van der Waals surface area contributed by atoms with Crippen molar-refractivity contribution in [1.29, 1.82) is 0 Å². The zero-order valence-corrected chi connectivity index (χ0v) is 17.9. The van der Waals surface area contributed by atoms with E-state index >= 15 is 0 Å². The van der Waals surface area contributed by atoms with Crippen LogP contribution in [0.3, 0.4) is 0 Å². The fourth-order valence-electron chi connectivity index (χ4n) is 4.17. The fraction of sp³-hybridized carbons (Fsp3) is 0.417. The highest BCUT2D eigenvalue weighted by Crippen LogP contribution is 2.23. The van der Waals surface area contributed by atoms with Gasteiger partial charge in [-0.05, 0) is 56.9 Å². The lowest BCUT2D eigenvalue weighted by molar-refractivity contribution is 0.0904. The van der Waals surface area contributed by atoms with Crippen molar-refractivity contribution < 1.29 is 4.74 Å². The van der Waals surface area contributed by atoms with Gasteiger partial charge in [0, 0.05) is 38.4 Å². The molecule has 4 heterocycles. The van der Waals surface area contributed by atoms with E-state index < -0.39 is 0 Å². The number of benzene rings is 1. The predicted octanol–water partition coefficient (Wildman–Crippen LogP) is 4.09. The summed E-state index contributed by atoms with van der Waals surface area (Å²) in [5.41, 5.74) is 3.53. The third-order valence-corrected chi connectivity index (χ3v) is 5.91. The van der Waals surface area contributed by atoms with E-state index in [9.17, 15) is 0 Å². The first-order valence-electron chi connectivity index (χ1n) is 11.1. The van der Waals surface area contributed by atoms with Gasteiger partial charge in [0.05, 0.1) is 22.4 Å². The van der Waals surface area contributed by atoms with Crippen LogP contribution < -0.4 is 10.2 Å². The van der Waals surface area contributed by atoms with Crippen LogP contribution in [0.25, 0.3) is 23.2 Å². The summed E-state index contributed by atoms with van der Waals surface area (Å²) in [7, 11) is 0. The van der Waals surface area contributed by atoms with Crippen molar-refractivity contribution in [2.45, 2.75) is 38.6 Å². The normalized spacial score (nSPS) is 17.6. The number of fused-ring (bicyclic) bond motifs is 1. The largest absolute Gasteiger partial charge is 0.381 e. The molecule has 0 unspecified atom stereocenters. The molecule has 0 amide bonds. The van der Waals surface area contributed by atoms with E-state index in [1.807, 2.05) is 43.3 Å². The first-order chi connectivity index (χ1) is 15.2. The highest BCUT2D eigenvalue weighted by molar-refractivity contribution is 5.77. The van der Waals surface area contributed by atoms with E-state index in [-0.39, 0.29) is 0 Å². The van der Waals surface area contributed by atoms with Gasteiger partial charge < -0.3 is 15.0 Å². The Kier molecular flexibility index (Phi) is 5.76. The first kappa shape index (κ1) is 19.9. The molecule has 5 rings (SSSR count). The molecule has 0 atom stereocenters. The fourth-order valence-corrected chi connectivity index (χ4v) is 4.17.